The molecule has 2 rings (SSSR count). The Balaban J connectivity index is 2.03. The van der Waals surface area contributed by atoms with Crippen LogP contribution in [0.15, 0.2) is 24.3 Å². The molecule has 0 radical (unpaired) electrons. The molecule has 4 heteroatoms. The van der Waals surface area contributed by atoms with Gasteiger partial charge in [-0.1, -0.05) is 26.0 Å². The van der Waals surface area contributed by atoms with Gasteiger partial charge < -0.3 is 10.1 Å². The third-order valence-electron chi connectivity index (χ3n) is 2.90. The van der Waals surface area contributed by atoms with Crippen molar-refractivity contribution in [3.8, 4) is 5.75 Å². The van der Waals surface area contributed by atoms with E-state index in [0.29, 0.717) is 5.92 Å². The van der Waals surface area contributed by atoms with Gasteiger partial charge in [0.15, 0.2) is 0 Å². The van der Waals surface area contributed by atoms with Gasteiger partial charge in [0.2, 0.25) is 0 Å². The highest BCUT2D eigenvalue weighted by Gasteiger charge is 2.07. The molecule has 3 nitrogen and oxygen atoms in total. The Hall–Kier alpha value is -1.55. The maximum atomic E-state index is 5.85. The first kappa shape index (κ1) is 14.9. The van der Waals surface area contributed by atoms with E-state index in [4.69, 9.17) is 4.74 Å². The average Bonchev–Trinajstić information content (AvgIpc) is 2.73. The number of hydrogen-bond donors (Lipinski definition) is 1. The monoisotopic (exact) mass is 290 g/mol. The van der Waals surface area contributed by atoms with Crippen molar-refractivity contribution in [3.63, 3.8) is 0 Å². The highest BCUT2D eigenvalue weighted by atomic mass is 32.1. The van der Waals surface area contributed by atoms with Gasteiger partial charge in [-0.25, -0.2) is 4.98 Å². The van der Waals surface area contributed by atoms with E-state index in [1.807, 2.05) is 25.1 Å². The maximum Gasteiger partial charge on any atom is 0.142 e. The number of nitrogens with zero attached hydrogens (tertiary/aromatic N) is 1. The van der Waals surface area contributed by atoms with Crippen LogP contribution in [0.5, 0.6) is 5.75 Å². The molecule has 2 aromatic rings. The Morgan fingerprint density at radius 2 is 2.00 bits per heavy atom. The molecule has 0 fully saturated rings. The Morgan fingerprint density at radius 3 is 2.65 bits per heavy atom. The highest BCUT2D eigenvalue weighted by molar-refractivity contribution is 7.11. The lowest BCUT2D eigenvalue weighted by atomic mass is 10.2. The van der Waals surface area contributed by atoms with E-state index in [-0.39, 0.29) is 0 Å². The summed E-state index contributed by atoms with van der Waals surface area (Å²) in [4.78, 5) is 5.73. The van der Waals surface area contributed by atoms with Crippen molar-refractivity contribution in [2.24, 2.45) is 5.92 Å². The molecule has 1 aromatic carbocycles. The zero-order valence-corrected chi connectivity index (χ0v) is 13.4. The van der Waals surface area contributed by atoms with Crippen LogP contribution in [0.2, 0.25) is 0 Å². The minimum absolute atomic E-state index is 0.523. The van der Waals surface area contributed by atoms with Gasteiger partial charge in [-0.05, 0) is 31.9 Å². The fourth-order valence-electron chi connectivity index (χ4n) is 1.91. The van der Waals surface area contributed by atoms with Crippen LogP contribution in [-0.4, -0.2) is 11.6 Å². The van der Waals surface area contributed by atoms with E-state index in [1.165, 1.54) is 4.88 Å². The number of thiazole rings is 1. The summed E-state index contributed by atoms with van der Waals surface area (Å²) in [5.74, 6) is 1.44. The van der Waals surface area contributed by atoms with Crippen molar-refractivity contribution in [1.29, 1.82) is 0 Å². The Bertz CT molecular complexity index is 563. The van der Waals surface area contributed by atoms with Crippen LogP contribution in [0.1, 0.15) is 29.4 Å². The predicted octanol–water partition coefficient (Wildman–Crippen LogP) is 4.41. The summed E-state index contributed by atoms with van der Waals surface area (Å²) in [5, 5.41) is 4.57. The number of aryl methyl sites for hydroxylation is 2. The number of ether oxygens (including phenoxy) is 1. The minimum atomic E-state index is 0.523. The maximum absolute atomic E-state index is 5.85. The van der Waals surface area contributed by atoms with Gasteiger partial charge in [-0.3, -0.25) is 0 Å². The average molecular weight is 290 g/mol. The van der Waals surface area contributed by atoms with Crippen LogP contribution in [0, 0.1) is 19.8 Å². The van der Waals surface area contributed by atoms with Crippen LogP contribution in [-0.2, 0) is 6.54 Å². The van der Waals surface area contributed by atoms with E-state index < -0.39 is 0 Å². The second-order valence-corrected chi connectivity index (χ2v) is 6.58. The molecule has 0 atom stereocenters. The second-order valence-electron chi connectivity index (χ2n) is 5.30. The molecular weight excluding hydrogens is 268 g/mol. The van der Waals surface area contributed by atoms with E-state index in [1.54, 1.807) is 11.3 Å². The first-order chi connectivity index (χ1) is 9.56. The normalized spacial score (nSPS) is 10.8. The number of para-hydroxylation sites is 2. The van der Waals surface area contributed by atoms with E-state index in [2.05, 4.69) is 37.1 Å². The Labute approximate surface area is 125 Å². The molecule has 108 valence electrons. The van der Waals surface area contributed by atoms with E-state index in [0.717, 1.165) is 35.3 Å². The first-order valence-electron chi connectivity index (χ1n) is 6.95. The third kappa shape index (κ3) is 3.97. The molecule has 0 aliphatic carbocycles. The third-order valence-corrected chi connectivity index (χ3v) is 3.97. The number of aromatic nitrogens is 1. The number of nitrogens with one attached hydrogen (secondary N) is 1. The lowest BCUT2D eigenvalue weighted by Crippen LogP contribution is -2.07. The number of anilines is 1. The van der Waals surface area contributed by atoms with Crippen LogP contribution < -0.4 is 10.1 Å². The molecule has 0 unspecified atom stereocenters. The lowest BCUT2D eigenvalue weighted by Gasteiger charge is -2.14. The summed E-state index contributed by atoms with van der Waals surface area (Å²) in [6, 6.07) is 8.09. The van der Waals surface area contributed by atoms with E-state index >= 15 is 0 Å². The highest BCUT2D eigenvalue weighted by Crippen LogP contribution is 2.26. The molecule has 0 saturated heterocycles. The molecule has 20 heavy (non-hydrogen) atoms. The van der Waals surface area contributed by atoms with Crippen molar-refractivity contribution in [1.82, 2.24) is 4.98 Å². The summed E-state index contributed by atoms with van der Waals surface area (Å²) in [6.45, 7) is 9.93. The number of rotatable bonds is 6. The molecule has 0 bridgehead atoms. The molecule has 0 aliphatic rings. The minimum Gasteiger partial charge on any atom is -0.491 e. The lowest BCUT2D eigenvalue weighted by molar-refractivity contribution is 0.272. The second kappa shape index (κ2) is 6.75. The van der Waals surface area contributed by atoms with Crippen LogP contribution in [0.4, 0.5) is 5.69 Å². The van der Waals surface area contributed by atoms with Gasteiger partial charge in [0.25, 0.3) is 0 Å². The van der Waals surface area contributed by atoms with Gasteiger partial charge in [-0.2, -0.15) is 0 Å². The first-order valence-corrected chi connectivity index (χ1v) is 7.76. The predicted molar refractivity (Wildman–Crippen MR) is 85.7 cm³/mol. The molecule has 0 spiro atoms. The standard InChI is InChI=1S/C16H22N2OS/c1-11(2)10-19-15-8-6-5-7-14(15)17-9-16-12(3)18-13(4)20-16/h5-8,11,17H,9-10H2,1-4H3. The van der Waals surface area contributed by atoms with E-state index in [9.17, 15) is 0 Å². The van der Waals surface area contributed by atoms with Crippen LogP contribution >= 0.6 is 11.3 Å². The van der Waals surface area contributed by atoms with Crippen molar-refractivity contribution < 1.29 is 4.74 Å². The van der Waals surface area contributed by atoms with Crippen molar-refractivity contribution in [2.75, 3.05) is 11.9 Å². The number of benzene rings is 1. The molecule has 1 N–H and O–H groups in total. The SMILES string of the molecule is Cc1nc(C)c(CNc2ccccc2OCC(C)C)s1. The van der Waals surface area contributed by atoms with Crippen molar-refractivity contribution >= 4 is 17.0 Å². The summed E-state index contributed by atoms with van der Waals surface area (Å²) in [6.07, 6.45) is 0. The molecule has 1 aromatic heterocycles. The molecule has 0 amide bonds. The van der Waals surface area contributed by atoms with Crippen LogP contribution in [0.25, 0.3) is 0 Å². The topological polar surface area (TPSA) is 34.2 Å². The molecular formula is C16H22N2OS. The summed E-state index contributed by atoms with van der Waals surface area (Å²) in [5.41, 5.74) is 2.15. The fraction of sp³-hybridized carbons (Fsp3) is 0.438. The summed E-state index contributed by atoms with van der Waals surface area (Å²) >= 11 is 1.74. The quantitative estimate of drug-likeness (QED) is 0.856. The van der Waals surface area contributed by atoms with Crippen LogP contribution in [0.3, 0.4) is 0 Å². The largest absolute Gasteiger partial charge is 0.491 e. The van der Waals surface area contributed by atoms with Gasteiger partial charge >= 0.3 is 0 Å². The van der Waals surface area contributed by atoms with Gasteiger partial charge in [0.05, 0.1) is 29.5 Å². The molecule has 1 heterocycles. The van der Waals surface area contributed by atoms with Gasteiger partial charge in [-0.15, -0.1) is 11.3 Å². The molecule has 0 saturated carbocycles. The van der Waals surface area contributed by atoms with Crippen molar-refractivity contribution in [2.45, 2.75) is 34.2 Å². The van der Waals surface area contributed by atoms with Gasteiger partial charge in [0.1, 0.15) is 5.75 Å². The Kier molecular flexibility index (Phi) is 5.01. The number of hydrogen-bond acceptors (Lipinski definition) is 4. The Morgan fingerprint density at radius 1 is 1.25 bits per heavy atom. The summed E-state index contributed by atoms with van der Waals surface area (Å²) in [7, 11) is 0. The summed E-state index contributed by atoms with van der Waals surface area (Å²) < 4.78 is 5.85. The molecule has 0 aliphatic heterocycles. The zero-order valence-electron chi connectivity index (χ0n) is 12.6. The fourth-order valence-corrected chi connectivity index (χ4v) is 2.78. The van der Waals surface area contributed by atoms with Crippen molar-refractivity contribution in [3.05, 3.63) is 39.8 Å². The van der Waals surface area contributed by atoms with Gasteiger partial charge in [0, 0.05) is 4.88 Å². The smallest absolute Gasteiger partial charge is 0.142 e. The zero-order chi connectivity index (χ0) is 14.5.